The van der Waals surface area contributed by atoms with Crippen molar-refractivity contribution in [1.29, 1.82) is 0 Å². The van der Waals surface area contributed by atoms with Crippen LogP contribution in [0.15, 0.2) is 60.1 Å². The lowest BCUT2D eigenvalue weighted by atomic mass is 9.81. The van der Waals surface area contributed by atoms with Crippen molar-refractivity contribution in [2.24, 2.45) is 0 Å². The van der Waals surface area contributed by atoms with Crippen molar-refractivity contribution in [2.75, 3.05) is 42.7 Å². The van der Waals surface area contributed by atoms with Crippen molar-refractivity contribution in [3.8, 4) is 23.0 Å². The van der Waals surface area contributed by atoms with Gasteiger partial charge in [0, 0.05) is 35.1 Å². The Labute approximate surface area is 195 Å². The van der Waals surface area contributed by atoms with Crippen LogP contribution in [0, 0.1) is 0 Å². The van der Waals surface area contributed by atoms with Crippen LogP contribution in [0.25, 0.3) is 0 Å². The maximum absolute atomic E-state index is 5.87. The maximum Gasteiger partial charge on any atom is 0.160 e. The van der Waals surface area contributed by atoms with E-state index in [2.05, 4.69) is 24.8 Å². The number of methoxy groups -OCH3 is 6. The van der Waals surface area contributed by atoms with Gasteiger partial charge < -0.3 is 28.4 Å². The highest BCUT2D eigenvalue weighted by molar-refractivity contribution is 5.65. The Morgan fingerprint density at radius 3 is 1.88 bits per heavy atom. The van der Waals surface area contributed by atoms with E-state index in [1.54, 1.807) is 42.7 Å². The third-order valence-corrected chi connectivity index (χ3v) is 6.39. The van der Waals surface area contributed by atoms with Gasteiger partial charge in [0.05, 0.1) is 42.7 Å². The van der Waals surface area contributed by atoms with E-state index in [1.165, 1.54) is 0 Å². The molecule has 0 amide bonds. The summed E-state index contributed by atoms with van der Waals surface area (Å²) in [5.41, 5.74) is 5.09. The normalized spacial score (nSPS) is 22.1. The van der Waals surface area contributed by atoms with E-state index in [0.717, 1.165) is 45.1 Å². The van der Waals surface area contributed by atoms with Gasteiger partial charge >= 0.3 is 0 Å². The van der Waals surface area contributed by atoms with Crippen LogP contribution in [0.2, 0.25) is 0 Å². The fourth-order valence-corrected chi connectivity index (χ4v) is 4.92. The number of hydrogen-bond donors (Lipinski definition) is 0. The summed E-state index contributed by atoms with van der Waals surface area (Å²) < 4.78 is 34.4. The number of hydrogen-bond acceptors (Lipinski definition) is 6. The Morgan fingerprint density at radius 2 is 1.30 bits per heavy atom. The maximum atomic E-state index is 5.87. The minimum Gasteiger partial charge on any atom is -0.497 e. The van der Waals surface area contributed by atoms with Crippen LogP contribution in [0.5, 0.6) is 23.0 Å². The highest BCUT2D eigenvalue weighted by Gasteiger charge is 2.36. The fraction of sp³-hybridized carbons (Fsp3) is 0.333. The van der Waals surface area contributed by atoms with E-state index < -0.39 is 0 Å². The molecule has 2 aromatic rings. The smallest absolute Gasteiger partial charge is 0.160 e. The van der Waals surface area contributed by atoms with E-state index in [1.807, 2.05) is 18.2 Å². The summed E-state index contributed by atoms with van der Waals surface area (Å²) in [6.45, 7) is 4.46. The molecule has 2 aliphatic carbocycles. The first-order chi connectivity index (χ1) is 16.0. The third-order valence-electron chi connectivity index (χ3n) is 6.39. The van der Waals surface area contributed by atoms with Crippen molar-refractivity contribution < 1.29 is 28.4 Å². The molecule has 0 heterocycles. The van der Waals surface area contributed by atoms with Crippen LogP contribution in [0.3, 0.4) is 0 Å². The molecule has 0 radical (unpaired) electrons. The second-order valence-corrected chi connectivity index (χ2v) is 8.00. The second-order valence-electron chi connectivity index (χ2n) is 8.00. The zero-order chi connectivity index (χ0) is 23.7. The van der Waals surface area contributed by atoms with Crippen LogP contribution in [-0.4, -0.2) is 42.7 Å². The van der Waals surface area contributed by atoms with Crippen LogP contribution >= 0.6 is 0 Å². The van der Waals surface area contributed by atoms with E-state index in [-0.39, 0.29) is 11.8 Å². The van der Waals surface area contributed by atoms with Gasteiger partial charge in [0.2, 0.25) is 0 Å². The van der Waals surface area contributed by atoms with Crippen molar-refractivity contribution in [1.82, 2.24) is 0 Å². The van der Waals surface area contributed by atoms with Gasteiger partial charge in [-0.15, -0.1) is 0 Å². The van der Waals surface area contributed by atoms with E-state index >= 15 is 0 Å². The van der Waals surface area contributed by atoms with Gasteiger partial charge in [-0.05, 0) is 47.4 Å². The summed E-state index contributed by atoms with van der Waals surface area (Å²) >= 11 is 0. The number of rotatable bonds is 6. The lowest BCUT2D eigenvalue weighted by molar-refractivity contribution is 0.218. The standard InChI is InChI=1S/C27H30O6/c1-15-8-21(30-4)22(31-5)11-17-9-16-10-18(28-2)13-24(33-7)27(16)25(15)20-12-19(29-3)14-23(32-6)26(17)20/h8,10-14,17,25H,1,9H2,2-7H3/b21-8+,22-11+. The van der Waals surface area contributed by atoms with Crippen molar-refractivity contribution in [3.05, 3.63) is 82.3 Å². The van der Waals surface area contributed by atoms with Crippen LogP contribution in [-0.2, 0) is 15.9 Å². The fourth-order valence-electron chi connectivity index (χ4n) is 4.92. The topological polar surface area (TPSA) is 55.4 Å². The summed E-state index contributed by atoms with van der Waals surface area (Å²) in [5, 5.41) is 0. The van der Waals surface area contributed by atoms with Gasteiger partial charge in [0.1, 0.15) is 23.0 Å². The molecule has 2 unspecified atom stereocenters. The van der Waals surface area contributed by atoms with E-state index in [9.17, 15) is 0 Å². The Bertz CT molecular complexity index is 1140. The van der Waals surface area contributed by atoms with Gasteiger partial charge in [0.25, 0.3) is 0 Å². The molecule has 2 aromatic carbocycles. The third kappa shape index (κ3) is 3.80. The van der Waals surface area contributed by atoms with Gasteiger partial charge in [-0.3, -0.25) is 0 Å². The Morgan fingerprint density at radius 1 is 0.697 bits per heavy atom. The molecule has 0 spiro atoms. The first-order valence-corrected chi connectivity index (χ1v) is 10.7. The quantitative estimate of drug-likeness (QED) is 0.609. The zero-order valence-electron chi connectivity index (χ0n) is 20.0. The van der Waals surface area contributed by atoms with Crippen molar-refractivity contribution in [2.45, 2.75) is 18.3 Å². The van der Waals surface area contributed by atoms with E-state index in [4.69, 9.17) is 28.4 Å². The molecule has 0 saturated carbocycles. The minimum absolute atomic E-state index is 0.0687. The lowest BCUT2D eigenvalue weighted by Gasteiger charge is -2.25. The number of benzene rings is 2. The largest absolute Gasteiger partial charge is 0.497 e. The molecule has 6 nitrogen and oxygen atoms in total. The molecule has 6 heteroatoms. The Hall–Kier alpha value is -3.54. The summed E-state index contributed by atoms with van der Waals surface area (Å²) in [4.78, 5) is 0. The van der Waals surface area contributed by atoms with Crippen molar-refractivity contribution in [3.63, 3.8) is 0 Å². The minimum atomic E-state index is -0.223. The molecular formula is C27H30O6. The average Bonchev–Trinajstić information content (AvgIpc) is 2.95. The molecule has 33 heavy (non-hydrogen) atoms. The highest BCUT2D eigenvalue weighted by Crippen LogP contribution is 2.52. The first kappa shape index (κ1) is 22.6. The molecule has 0 N–H and O–H groups in total. The van der Waals surface area contributed by atoms with Gasteiger partial charge in [-0.25, -0.2) is 0 Å². The van der Waals surface area contributed by atoms with E-state index in [0.29, 0.717) is 23.7 Å². The lowest BCUT2D eigenvalue weighted by Crippen LogP contribution is -2.10. The zero-order valence-corrected chi connectivity index (χ0v) is 20.0. The molecule has 0 aromatic heterocycles. The predicted octanol–water partition coefficient (Wildman–Crippen LogP) is 5.12. The molecule has 0 aliphatic heterocycles. The molecule has 2 bridgehead atoms. The molecular weight excluding hydrogens is 420 g/mol. The first-order valence-electron chi connectivity index (χ1n) is 10.7. The summed E-state index contributed by atoms with van der Waals surface area (Å²) in [6, 6.07) is 7.97. The molecule has 0 fully saturated rings. The summed E-state index contributed by atoms with van der Waals surface area (Å²) in [7, 11) is 9.95. The molecule has 0 saturated heterocycles. The molecule has 4 rings (SSSR count). The number of ether oxygens (including phenoxy) is 6. The monoisotopic (exact) mass is 450 g/mol. The molecule has 2 aliphatic rings. The Balaban J connectivity index is 2.16. The SMILES string of the molecule is C=C1/C=C(OC)\C(OC)=C/C2Cc3cc(OC)cc(OC)c3C1c1cc(OC)cc(OC)c12. The number of fused-ring (bicyclic) bond motifs is 2. The van der Waals surface area contributed by atoms with Gasteiger partial charge in [-0.2, -0.15) is 0 Å². The van der Waals surface area contributed by atoms with Crippen LogP contribution in [0.4, 0.5) is 0 Å². The van der Waals surface area contributed by atoms with Crippen LogP contribution in [0.1, 0.15) is 34.1 Å². The highest BCUT2D eigenvalue weighted by atomic mass is 16.5. The van der Waals surface area contributed by atoms with Gasteiger partial charge in [0.15, 0.2) is 11.5 Å². The van der Waals surface area contributed by atoms with Crippen LogP contribution < -0.4 is 18.9 Å². The summed E-state index contributed by atoms with van der Waals surface area (Å²) in [5.74, 6) is 3.92. The summed E-state index contributed by atoms with van der Waals surface area (Å²) in [6.07, 6.45) is 4.70. The predicted molar refractivity (Wildman–Crippen MR) is 127 cm³/mol. The number of allylic oxidation sites excluding steroid dienone is 3. The second kappa shape index (κ2) is 9.14. The van der Waals surface area contributed by atoms with Crippen molar-refractivity contribution >= 4 is 0 Å². The average molecular weight is 451 g/mol. The van der Waals surface area contributed by atoms with Gasteiger partial charge in [-0.1, -0.05) is 6.58 Å². The Kier molecular flexibility index (Phi) is 6.27. The molecule has 2 atom stereocenters. The molecule has 174 valence electrons.